The van der Waals surface area contributed by atoms with Crippen molar-refractivity contribution in [3.8, 4) is 17.2 Å². The zero-order chi connectivity index (χ0) is 21.6. The minimum atomic E-state index is -0.531. The summed E-state index contributed by atoms with van der Waals surface area (Å²) < 4.78 is 16.5. The summed E-state index contributed by atoms with van der Waals surface area (Å²) in [6, 6.07) is 21.0. The second-order valence-electron chi connectivity index (χ2n) is 6.81. The number of rotatable bonds is 6. The Hall–Kier alpha value is -4.06. The Morgan fingerprint density at radius 3 is 2.39 bits per heavy atom. The molecule has 0 atom stereocenters. The predicted molar refractivity (Wildman–Crippen MR) is 118 cm³/mol. The van der Waals surface area contributed by atoms with Gasteiger partial charge in [-0.3, -0.25) is 9.59 Å². The fraction of sp³-hybridized carbons (Fsp3) is 0.120. The number of anilines is 1. The lowest BCUT2D eigenvalue weighted by Gasteiger charge is -2.19. The van der Waals surface area contributed by atoms with Crippen LogP contribution in [0.1, 0.15) is 15.9 Å². The van der Waals surface area contributed by atoms with E-state index in [9.17, 15) is 9.59 Å². The SMILES string of the molecule is COc1ccccc1/C=C(/C(=O)Nc1ccc2c(c1)OCCO2)C(=O)c1ccccc1. The van der Waals surface area contributed by atoms with Gasteiger partial charge in [0.2, 0.25) is 0 Å². The molecule has 6 heteroatoms. The molecule has 1 aliphatic heterocycles. The Morgan fingerprint density at radius 2 is 1.61 bits per heavy atom. The minimum Gasteiger partial charge on any atom is -0.496 e. The van der Waals surface area contributed by atoms with Crippen LogP contribution in [-0.4, -0.2) is 32.0 Å². The van der Waals surface area contributed by atoms with E-state index in [-0.39, 0.29) is 11.4 Å². The van der Waals surface area contributed by atoms with Crippen LogP contribution in [0.15, 0.2) is 78.4 Å². The van der Waals surface area contributed by atoms with Gasteiger partial charge in [-0.05, 0) is 24.3 Å². The summed E-state index contributed by atoms with van der Waals surface area (Å²) in [7, 11) is 1.54. The third-order valence-electron chi connectivity index (χ3n) is 4.76. The molecule has 0 radical (unpaired) electrons. The van der Waals surface area contributed by atoms with E-state index < -0.39 is 5.91 Å². The molecule has 0 unspecified atom stereocenters. The second-order valence-corrected chi connectivity index (χ2v) is 6.81. The van der Waals surface area contributed by atoms with Crippen LogP contribution in [-0.2, 0) is 4.79 Å². The average Bonchev–Trinajstić information content (AvgIpc) is 2.82. The fourth-order valence-electron chi connectivity index (χ4n) is 3.24. The Labute approximate surface area is 180 Å². The van der Waals surface area contributed by atoms with Gasteiger partial charge in [-0.15, -0.1) is 0 Å². The molecule has 6 nitrogen and oxygen atoms in total. The molecule has 31 heavy (non-hydrogen) atoms. The van der Waals surface area contributed by atoms with E-state index >= 15 is 0 Å². The largest absolute Gasteiger partial charge is 0.496 e. The van der Waals surface area contributed by atoms with E-state index in [1.165, 1.54) is 0 Å². The van der Waals surface area contributed by atoms with E-state index in [2.05, 4.69) is 5.32 Å². The maximum Gasteiger partial charge on any atom is 0.259 e. The predicted octanol–water partition coefficient (Wildman–Crippen LogP) is 4.37. The highest BCUT2D eigenvalue weighted by Crippen LogP contribution is 2.33. The van der Waals surface area contributed by atoms with Gasteiger partial charge in [-0.25, -0.2) is 0 Å². The summed E-state index contributed by atoms with van der Waals surface area (Å²) in [6.07, 6.45) is 1.54. The highest BCUT2D eigenvalue weighted by Gasteiger charge is 2.22. The molecule has 1 heterocycles. The molecule has 0 bridgehead atoms. The molecule has 0 fully saturated rings. The van der Waals surface area contributed by atoms with E-state index in [4.69, 9.17) is 14.2 Å². The van der Waals surface area contributed by atoms with Gasteiger partial charge in [0.25, 0.3) is 5.91 Å². The lowest BCUT2D eigenvalue weighted by Crippen LogP contribution is -2.21. The minimum absolute atomic E-state index is 0.00871. The van der Waals surface area contributed by atoms with Gasteiger partial charge in [0, 0.05) is 22.9 Å². The van der Waals surface area contributed by atoms with Gasteiger partial charge in [-0.2, -0.15) is 0 Å². The summed E-state index contributed by atoms with van der Waals surface area (Å²) in [6.45, 7) is 0.923. The van der Waals surface area contributed by atoms with E-state index in [1.807, 2.05) is 18.2 Å². The van der Waals surface area contributed by atoms with E-state index in [0.717, 1.165) is 0 Å². The number of nitrogens with one attached hydrogen (secondary N) is 1. The van der Waals surface area contributed by atoms with Crippen molar-refractivity contribution in [1.82, 2.24) is 0 Å². The third-order valence-corrected chi connectivity index (χ3v) is 4.76. The number of methoxy groups -OCH3 is 1. The molecule has 0 saturated heterocycles. The number of para-hydroxylation sites is 1. The molecule has 3 aromatic rings. The van der Waals surface area contributed by atoms with E-state index in [1.54, 1.807) is 67.8 Å². The summed E-state index contributed by atoms with van der Waals surface area (Å²) in [5.41, 5.74) is 1.54. The maximum absolute atomic E-state index is 13.2. The summed E-state index contributed by atoms with van der Waals surface area (Å²) >= 11 is 0. The van der Waals surface area contributed by atoms with Crippen LogP contribution in [0.25, 0.3) is 6.08 Å². The number of hydrogen-bond acceptors (Lipinski definition) is 5. The van der Waals surface area contributed by atoms with Crippen molar-refractivity contribution in [2.75, 3.05) is 25.6 Å². The lowest BCUT2D eigenvalue weighted by atomic mass is 9.99. The Balaban J connectivity index is 1.69. The van der Waals surface area contributed by atoms with Crippen LogP contribution < -0.4 is 19.5 Å². The van der Waals surface area contributed by atoms with Crippen LogP contribution in [0.4, 0.5) is 5.69 Å². The molecule has 0 aliphatic carbocycles. The van der Waals surface area contributed by atoms with Gasteiger partial charge in [0.1, 0.15) is 19.0 Å². The van der Waals surface area contributed by atoms with Crippen molar-refractivity contribution < 1.29 is 23.8 Å². The number of ketones is 1. The highest BCUT2D eigenvalue weighted by atomic mass is 16.6. The number of benzene rings is 3. The van der Waals surface area contributed by atoms with Crippen molar-refractivity contribution in [2.45, 2.75) is 0 Å². The zero-order valence-electron chi connectivity index (χ0n) is 17.0. The van der Waals surface area contributed by atoms with Gasteiger partial charge in [0.15, 0.2) is 17.3 Å². The smallest absolute Gasteiger partial charge is 0.259 e. The molecular weight excluding hydrogens is 394 g/mol. The summed E-state index contributed by atoms with van der Waals surface area (Å²) in [5.74, 6) is 0.814. The summed E-state index contributed by atoms with van der Waals surface area (Å²) in [4.78, 5) is 26.4. The normalized spacial score (nSPS) is 12.7. The molecule has 0 aromatic heterocycles. The number of Topliss-reactive ketones (excluding diaryl/α,β-unsaturated/α-hetero) is 1. The van der Waals surface area contributed by atoms with Gasteiger partial charge >= 0.3 is 0 Å². The number of hydrogen-bond donors (Lipinski definition) is 1. The van der Waals surface area contributed by atoms with Crippen LogP contribution >= 0.6 is 0 Å². The van der Waals surface area contributed by atoms with Gasteiger partial charge < -0.3 is 19.5 Å². The quantitative estimate of drug-likeness (QED) is 0.280. The molecular formula is C25H21NO5. The van der Waals surface area contributed by atoms with Crippen LogP contribution in [0, 0.1) is 0 Å². The third kappa shape index (κ3) is 4.59. The number of ether oxygens (including phenoxy) is 3. The topological polar surface area (TPSA) is 73.9 Å². The maximum atomic E-state index is 13.2. The first-order chi connectivity index (χ1) is 15.2. The van der Waals surface area contributed by atoms with Crippen molar-refractivity contribution >= 4 is 23.5 Å². The van der Waals surface area contributed by atoms with Gasteiger partial charge in [-0.1, -0.05) is 48.5 Å². The van der Waals surface area contributed by atoms with E-state index in [0.29, 0.717) is 47.3 Å². The Kier molecular flexibility index (Phi) is 5.98. The number of amides is 1. The number of carbonyl (C=O) groups excluding carboxylic acids is 2. The zero-order valence-corrected chi connectivity index (χ0v) is 17.0. The van der Waals surface area contributed by atoms with Crippen molar-refractivity contribution in [3.05, 3.63) is 89.5 Å². The van der Waals surface area contributed by atoms with Crippen LogP contribution in [0.2, 0.25) is 0 Å². The molecule has 4 rings (SSSR count). The van der Waals surface area contributed by atoms with Crippen LogP contribution in [0.3, 0.4) is 0 Å². The van der Waals surface area contributed by atoms with Crippen molar-refractivity contribution in [2.24, 2.45) is 0 Å². The molecule has 0 spiro atoms. The summed E-state index contributed by atoms with van der Waals surface area (Å²) in [5, 5.41) is 2.80. The molecule has 1 N–H and O–H groups in total. The van der Waals surface area contributed by atoms with Crippen molar-refractivity contribution in [3.63, 3.8) is 0 Å². The Bertz CT molecular complexity index is 1140. The molecule has 1 aliphatic rings. The standard InChI is InChI=1S/C25H21NO5/c1-29-21-10-6-5-9-18(21)15-20(24(27)17-7-3-2-4-8-17)25(28)26-19-11-12-22-23(16-19)31-14-13-30-22/h2-12,15-16H,13-14H2,1H3,(H,26,28)/b20-15+. The average molecular weight is 415 g/mol. The van der Waals surface area contributed by atoms with Crippen LogP contribution in [0.5, 0.6) is 17.2 Å². The number of carbonyl (C=O) groups is 2. The lowest BCUT2D eigenvalue weighted by molar-refractivity contribution is -0.112. The van der Waals surface area contributed by atoms with Crippen molar-refractivity contribution in [1.29, 1.82) is 0 Å². The first-order valence-corrected chi connectivity index (χ1v) is 9.81. The fourth-order valence-corrected chi connectivity index (χ4v) is 3.24. The Morgan fingerprint density at radius 1 is 0.903 bits per heavy atom. The molecule has 0 saturated carbocycles. The monoisotopic (exact) mass is 415 g/mol. The first kappa shape index (κ1) is 20.2. The molecule has 156 valence electrons. The first-order valence-electron chi connectivity index (χ1n) is 9.81. The second kappa shape index (κ2) is 9.17. The van der Waals surface area contributed by atoms with Gasteiger partial charge in [0.05, 0.1) is 12.7 Å². The molecule has 3 aromatic carbocycles. The number of fused-ring (bicyclic) bond motifs is 1. The highest BCUT2D eigenvalue weighted by molar-refractivity contribution is 6.31. The molecule has 1 amide bonds.